The van der Waals surface area contributed by atoms with Gasteiger partial charge in [0, 0.05) is 12.1 Å². The second-order valence-corrected chi connectivity index (χ2v) is 3.51. The van der Waals surface area contributed by atoms with Gasteiger partial charge in [0.25, 0.3) is 0 Å². The van der Waals surface area contributed by atoms with Gasteiger partial charge in [-0.3, -0.25) is 4.79 Å². The molecule has 4 heteroatoms. The van der Waals surface area contributed by atoms with E-state index in [9.17, 15) is 9.90 Å². The smallest absolute Gasteiger partial charge is 0.157 e. The summed E-state index contributed by atoms with van der Waals surface area (Å²) in [5.74, 6) is 0.676. The van der Waals surface area contributed by atoms with Crippen molar-refractivity contribution in [3.8, 4) is 17.2 Å². The fourth-order valence-electron chi connectivity index (χ4n) is 1.27. The fourth-order valence-corrected chi connectivity index (χ4v) is 1.27. The number of ether oxygens (including phenoxy) is 2. The molecule has 0 aliphatic carbocycles. The van der Waals surface area contributed by atoms with Crippen LogP contribution in [0.2, 0.25) is 0 Å². The summed E-state index contributed by atoms with van der Waals surface area (Å²) in [5.41, 5.74) is 0.320. The lowest BCUT2D eigenvalue weighted by Gasteiger charge is -2.16. The summed E-state index contributed by atoms with van der Waals surface area (Å²) in [5, 5.41) is 9.45. The van der Waals surface area contributed by atoms with Crippen LogP contribution in [0.4, 0.5) is 0 Å². The van der Waals surface area contributed by atoms with Crippen LogP contribution in [0.3, 0.4) is 0 Å². The Morgan fingerprint density at radius 2 is 2.06 bits per heavy atom. The van der Waals surface area contributed by atoms with E-state index in [4.69, 9.17) is 9.47 Å². The Morgan fingerprint density at radius 1 is 1.44 bits per heavy atom. The molecule has 1 rings (SSSR count). The summed E-state index contributed by atoms with van der Waals surface area (Å²) in [6.07, 6.45) is 1.46. The average Bonchev–Trinajstić information content (AvgIpc) is 2.28. The zero-order valence-electron chi connectivity index (χ0n) is 9.69. The highest BCUT2D eigenvalue weighted by molar-refractivity contribution is 5.84. The van der Waals surface area contributed by atoms with Crippen molar-refractivity contribution in [2.24, 2.45) is 0 Å². The van der Waals surface area contributed by atoms with Gasteiger partial charge in [0.1, 0.15) is 17.2 Å². The van der Waals surface area contributed by atoms with E-state index in [2.05, 4.69) is 0 Å². The van der Waals surface area contributed by atoms with E-state index in [1.165, 1.54) is 19.2 Å². The molecule has 1 unspecified atom stereocenters. The van der Waals surface area contributed by atoms with Gasteiger partial charge in [0.15, 0.2) is 6.29 Å². The Kier molecular flexibility index (Phi) is 4.17. The number of carbonyl (C=O) groups excluding carboxylic acids is 1. The number of phenols is 1. The molecule has 0 aliphatic rings. The molecule has 1 N–H and O–H groups in total. The predicted octanol–water partition coefficient (Wildman–Crippen LogP) is 2.39. The van der Waals surface area contributed by atoms with Crippen LogP contribution < -0.4 is 9.47 Å². The van der Waals surface area contributed by atoms with Crippen molar-refractivity contribution < 1.29 is 19.4 Å². The number of aldehydes is 1. The molecule has 0 saturated carbocycles. The molecular formula is C12H16O4. The number of rotatable bonds is 5. The summed E-state index contributed by atoms with van der Waals surface area (Å²) >= 11 is 0. The summed E-state index contributed by atoms with van der Waals surface area (Å²) < 4.78 is 10.5. The Bertz CT molecular complexity index is 374. The van der Waals surface area contributed by atoms with Crippen molar-refractivity contribution in [1.29, 1.82) is 0 Å². The first-order valence-corrected chi connectivity index (χ1v) is 5.15. The van der Waals surface area contributed by atoms with Crippen molar-refractivity contribution in [3.05, 3.63) is 17.7 Å². The molecule has 88 valence electrons. The quantitative estimate of drug-likeness (QED) is 0.780. The summed E-state index contributed by atoms with van der Waals surface area (Å²) in [6, 6.07) is 2.80. The molecule has 0 aliphatic heterocycles. The standard InChI is InChI=1S/C12H16O4/c1-4-8(2)16-12-6-9(14)5-11(15-3)10(12)7-13/h5-8,14H,4H2,1-3H3. The lowest BCUT2D eigenvalue weighted by atomic mass is 10.1. The van der Waals surface area contributed by atoms with Crippen molar-refractivity contribution in [2.75, 3.05) is 7.11 Å². The van der Waals surface area contributed by atoms with E-state index in [1.807, 2.05) is 13.8 Å². The number of hydrogen-bond acceptors (Lipinski definition) is 4. The monoisotopic (exact) mass is 224 g/mol. The highest BCUT2D eigenvalue weighted by atomic mass is 16.5. The maximum absolute atomic E-state index is 10.9. The Labute approximate surface area is 94.8 Å². The van der Waals surface area contributed by atoms with Crippen LogP contribution in [-0.2, 0) is 0 Å². The Morgan fingerprint density at radius 3 is 2.56 bits per heavy atom. The summed E-state index contributed by atoms with van der Waals surface area (Å²) in [4.78, 5) is 10.9. The molecule has 0 fully saturated rings. The van der Waals surface area contributed by atoms with Gasteiger partial charge in [-0.15, -0.1) is 0 Å². The van der Waals surface area contributed by atoms with Gasteiger partial charge in [-0.1, -0.05) is 6.92 Å². The maximum Gasteiger partial charge on any atom is 0.157 e. The zero-order valence-corrected chi connectivity index (χ0v) is 9.69. The average molecular weight is 224 g/mol. The topological polar surface area (TPSA) is 55.8 Å². The van der Waals surface area contributed by atoms with Crippen LogP contribution in [0, 0.1) is 0 Å². The molecule has 0 spiro atoms. The zero-order chi connectivity index (χ0) is 12.1. The minimum absolute atomic E-state index is 0.0146. The molecule has 0 amide bonds. The molecule has 0 radical (unpaired) electrons. The van der Waals surface area contributed by atoms with Crippen molar-refractivity contribution in [2.45, 2.75) is 26.4 Å². The van der Waals surface area contributed by atoms with Gasteiger partial charge < -0.3 is 14.6 Å². The van der Waals surface area contributed by atoms with Gasteiger partial charge in [-0.25, -0.2) is 0 Å². The first-order valence-electron chi connectivity index (χ1n) is 5.15. The highest BCUT2D eigenvalue weighted by Crippen LogP contribution is 2.32. The molecule has 1 aromatic carbocycles. The van der Waals surface area contributed by atoms with Crippen molar-refractivity contribution in [1.82, 2.24) is 0 Å². The largest absolute Gasteiger partial charge is 0.508 e. The number of benzene rings is 1. The van der Waals surface area contributed by atoms with E-state index in [0.717, 1.165) is 6.42 Å². The predicted molar refractivity (Wildman–Crippen MR) is 60.4 cm³/mol. The third-order valence-corrected chi connectivity index (χ3v) is 2.33. The second kappa shape index (κ2) is 5.39. The lowest BCUT2D eigenvalue weighted by molar-refractivity contribution is 0.111. The minimum atomic E-state index is -0.0230. The minimum Gasteiger partial charge on any atom is -0.508 e. The number of aromatic hydroxyl groups is 1. The van der Waals surface area contributed by atoms with Crippen LogP contribution in [0.25, 0.3) is 0 Å². The van der Waals surface area contributed by atoms with Crippen LogP contribution in [0.1, 0.15) is 30.6 Å². The molecule has 1 aromatic rings. The SMILES string of the molecule is CCC(C)Oc1cc(O)cc(OC)c1C=O. The molecule has 0 bridgehead atoms. The summed E-state index contributed by atoms with van der Waals surface area (Å²) in [6.45, 7) is 3.87. The van der Waals surface area contributed by atoms with E-state index >= 15 is 0 Å². The molecule has 4 nitrogen and oxygen atoms in total. The van der Waals surface area contributed by atoms with E-state index in [-0.39, 0.29) is 11.9 Å². The third kappa shape index (κ3) is 2.66. The molecule has 1 atom stereocenters. The van der Waals surface area contributed by atoms with Gasteiger partial charge in [0.05, 0.1) is 18.8 Å². The fraction of sp³-hybridized carbons (Fsp3) is 0.417. The first-order chi connectivity index (χ1) is 7.62. The third-order valence-electron chi connectivity index (χ3n) is 2.33. The number of phenolic OH excluding ortho intramolecular Hbond substituents is 1. The van der Waals surface area contributed by atoms with Gasteiger partial charge in [-0.05, 0) is 13.3 Å². The maximum atomic E-state index is 10.9. The first kappa shape index (κ1) is 12.4. The molecule has 16 heavy (non-hydrogen) atoms. The Balaban J connectivity index is 3.14. The summed E-state index contributed by atoms with van der Waals surface area (Å²) in [7, 11) is 1.44. The van der Waals surface area contributed by atoms with Gasteiger partial charge in [-0.2, -0.15) is 0 Å². The molecule has 0 heterocycles. The number of methoxy groups -OCH3 is 1. The lowest BCUT2D eigenvalue weighted by Crippen LogP contribution is -2.11. The van der Waals surface area contributed by atoms with E-state index in [1.54, 1.807) is 0 Å². The number of carbonyl (C=O) groups is 1. The van der Waals surface area contributed by atoms with E-state index in [0.29, 0.717) is 23.3 Å². The van der Waals surface area contributed by atoms with Gasteiger partial charge in [0.2, 0.25) is 0 Å². The van der Waals surface area contributed by atoms with Crippen molar-refractivity contribution in [3.63, 3.8) is 0 Å². The number of hydrogen-bond donors (Lipinski definition) is 1. The normalized spacial score (nSPS) is 11.9. The Hall–Kier alpha value is -1.71. The van der Waals surface area contributed by atoms with E-state index < -0.39 is 0 Å². The highest BCUT2D eigenvalue weighted by Gasteiger charge is 2.13. The van der Waals surface area contributed by atoms with Gasteiger partial charge >= 0.3 is 0 Å². The molecule has 0 saturated heterocycles. The van der Waals surface area contributed by atoms with Crippen LogP contribution in [-0.4, -0.2) is 24.6 Å². The van der Waals surface area contributed by atoms with Crippen LogP contribution >= 0.6 is 0 Å². The van der Waals surface area contributed by atoms with Crippen LogP contribution in [0.5, 0.6) is 17.2 Å². The molecular weight excluding hydrogens is 208 g/mol. The van der Waals surface area contributed by atoms with Crippen molar-refractivity contribution >= 4 is 6.29 Å². The molecule has 0 aromatic heterocycles. The second-order valence-electron chi connectivity index (χ2n) is 3.51. The van der Waals surface area contributed by atoms with Crippen LogP contribution in [0.15, 0.2) is 12.1 Å².